The first kappa shape index (κ1) is 31.1. The molecule has 9 nitrogen and oxygen atoms in total. The number of alkyl halides is 3. The lowest BCUT2D eigenvalue weighted by Crippen LogP contribution is -2.42. The van der Waals surface area contributed by atoms with Crippen LogP contribution in [0.3, 0.4) is 0 Å². The van der Waals surface area contributed by atoms with E-state index in [0.717, 1.165) is 6.07 Å². The second-order valence-corrected chi connectivity index (χ2v) is 11.1. The van der Waals surface area contributed by atoms with Crippen molar-refractivity contribution in [1.29, 1.82) is 0 Å². The Bertz CT molecular complexity index is 1840. The van der Waals surface area contributed by atoms with Crippen LogP contribution in [0.4, 0.5) is 13.2 Å². The topological polar surface area (TPSA) is 135 Å². The standard InChI is InChI=1S/C30H25F3N2O7S/c1-2-3-14-42-22-9-11-23(12-10-22)43(40,41)34-26(29(38)39)16-21-18-35(27-13-8-19(28(36)37)15-24(21)27)17-20-6-4-5-7-25(20)30(31,32)33/h4-13,15,18,26,34H,14,16-17H2,1H3,(H,36,37)(H,38,39)/t26-/m0/s1. The number of carbonyl (C=O) groups is 2. The molecule has 0 aliphatic rings. The largest absolute Gasteiger partial charge is 0.481 e. The van der Waals surface area contributed by atoms with Crippen molar-refractivity contribution in [1.82, 2.24) is 9.29 Å². The monoisotopic (exact) mass is 614 g/mol. The summed E-state index contributed by atoms with van der Waals surface area (Å²) in [4.78, 5) is 23.6. The average Bonchev–Trinajstić information content (AvgIpc) is 3.28. The van der Waals surface area contributed by atoms with E-state index >= 15 is 0 Å². The first-order valence-corrected chi connectivity index (χ1v) is 14.2. The minimum Gasteiger partial charge on any atom is -0.481 e. The number of hydrogen-bond donors (Lipinski definition) is 3. The number of aromatic nitrogens is 1. The molecule has 0 unspecified atom stereocenters. The summed E-state index contributed by atoms with van der Waals surface area (Å²) in [6, 6.07) is 12.5. The third kappa shape index (κ3) is 7.35. The molecule has 3 N–H and O–H groups in total. The summed E-state index contributed by atoms with van der Waals surface area (Å²) in [5.41, 5.74) is -0.496. The summed E-state index contributed by atoms with van der Waals surface area (Å²) in [5.74, 6) is 2.92. The number of rotatable bonds is 11. The number of aliphatic carboxylic acids is 1. The summed E-state index contributed by atoms with van der Waals surface area (Å²) in [6.45, 7) is 1.47. The van der Waals surface area contributed by atoms with E-state index < -0.39 is 46.2 Å². The van der Waals surface area contributed by atoms with Crippen LogP contribution in [0.2, 0.25) is 0 Å². The average molecular weight is 615 g/mol. The number of sulfonamides is 1. The second-order valence-electron chi connectivity index (χ2n) is 9.38. The van der Waals surface area contributed by atoms with Crippen molar-refractivity contribution in [3.05, 3.63) is 95.2 Å². The Morgan fingerprint density at radius 2 is 1.72 bits per heavy atom. The first-order valence-electron chi connectivity index (χ1n) is 12.7. The minimum absolute atomic E-state index is 0.0644. The molecule has 0 saturated carbocycles. The summed E-state index contributed by atoms with van der Waals surface area (Å²) < 4.78 is 76.0. The van der Waals surface area contributed by atoms with E-state index in [0.29, 0.717) is 11.3 Å². The molecule has 13 heteroatoms. The maximum Gasteiger partial charge on any atom is 0.416 e. The fourth-order valence-electron chi connectivity index (χ4n) is 4.48. The number of benzene rings is 3. The normalized spacial score (nSPS) is 12.4. The molecule has 3 aromatic carbocycles. The maximum absolute atomic E-state index is 13.6. The van der Waals surface area contributed by atoms with Crippen LogP contribution in [0.25, 0.3) is 10.9 Å². The van der Waals surface area contributed by atoms with E-state index in [4.69, 9.17) is 4.74 Å². The van der Waals surface area contributed by atoms with Gasteiger partial charge in [0.25, 0.3) is 0 Å². The van der Waals surface area contributed by atoms with E-state index in [1.54, 1.807) is 6.92 Å². The molecule has 0 radical (unpaired) electrons. The Morgan fingerprint density at radius 1 is 1.02 bits per heavy atom. The summed E-state index contributed by atoms with van der Waals surface area (Å²) in [6.07, 6.45) is -3.66. The number of aromatic carboxylic acids is 1. The van der Waals surface area contributed by atoms with Gasteiger partial charge in [-0.3, -0.25) is 4.79 Å². The zero-order valence-corrected chi connectivity index (χ0v) is 23.4. The van der Waals surface area contributed by atoms with Gasteiger partial charge in [-0.1, -0.05) is 24.1 Å². The van der Waals surface area contributed by atoms with Gasteiger partial charge < -0.3 is 19.5 Å². The van der Waals surface area contributed by atoms with Crippen LogP contribution in [0, 0.1) is 11.8 Å². The number of carboxylic acid groups (broad SMARTS) is 2. The van der Waals surface area contributed by atoms with Crippen molar-refractivity contribution in [2.75, 3.05) is 6.61 Å². The number of nitrogens with zero attached hydrogens (tertiary/aromatic N) is 1. The number of halogens is 3. The smallest absolute Gasteiger partial charge is 0.416 e. The Balaban J connectivity index is 1.68. The van der Waals surface area contributed by atoms with Gasteiger partial charge in [-0.15, -0.1) is 5.92 Å². The number of hydrogen-bond acceptors (Lipinski definition) is 5. The quantitative estimate of drug-likeness (QED) is 0.207. The predicted octanol–water partition coefficient (Wildman–Crippen LogP) is 4.78. The molecule has 0 saturated heterocycles. The minimum atomic E-state index is -4.63. The molecule has 4 aromatic rings. The van der Waals surface area contributed by atoms with Gasteiger partial charge in [0.1, 0.15) is 18.4 Å². The Kier molecular flexibility index (Phi) is 9.13. The van der Waals surface area contributed by atoms with Gasteiger partial charge in [0.15, 0.2) is 0 Å². The summed E-state index contributed by atoms with van der Waals surface area (Å²) in [5, 5.41) is 19.7. The van der Waals surface area contributed by atoms with Crippen molar-refractivity contribution in [2.45, 2.75) is 37.0 Å². The van der Waals surface area contributed by atoms with E-state index in [-0.39, 0.29) is 40.1 Å². The van der Waals surface area contributed by atoms with Crippen molar-refractivity contribution >= 4 is 32.9 Å². The van der Waals surface area contributed by atoms with Gasteiger partial charge >= 0.3 is 18.1 Å². The van der Waals surface area contributed by atoms with E-state index in [1.165, 1.54) is 71.4 Å². The van der Waals surface area contributed by atoms with Gasteiger partial charge in [-0.2, -0.15) is 17.9 Å². The second kappa shape index (κ2) is 12.6. The van der Waals surface area contributed by atoms with Crippen LogP contribution in [-0.4, -0.2) is 47.8 Å². The van der Waals surface area contributed by atoms with Crippen LogP contribution in [-0.2, 0) is 34.0 Å². The third-order valence-electron chi connectivity index (χ3n) is 6.52. The molecule has 0 fully saturated rings. The fourth-order valence-corrected chi connectivity index (χ4v) is 5.67. The first-order chi connectivity index (χ1) is 20.3. The third-order valence-corrected chi connectivity index (χ3v) is 8.00. The molecule has 0 aliphatic carbocycles. The molecule has 1 atom stereocenters. The fraction of sp³-hybridized carbons (Fsp3) is 0.200. The van der Waals surface area contributed by atoms with Crippen LogP contribution in [0.15, 0.2) is 77.8 Å². The number of fused-ring (bicyclic) bond motifs is 1. The SMILES string of the molecule is CC#CCOc1ccc(S(=O)(=O)N[C@@H](Cc2cn(Cc3ccccc3C(F)(F)F)c3ccc(C(=O)O)cc23)C(=O)O)cc1. The zero-order chi connectivity index (χ0) is 31.4. The maximum atomic E-state index is 13.6. The number of ether oxygens (including phenoxy) is 1. The lowest BCUT2D eigenvalue weighted by Gasteiger charge is -2.15. The molecule has 4 rings (SSSR count). The van der Waals surface area contributed by atoms with Gasteiger partial charge in [0, 0.05) is 30.1 Å². The lowest BCUT2D eigenvalue weighted by molar-refractivity contribution is -0.139. The molecule has 43 heavy (non-hydrogen) atoms. The van der Waals surface area contributed by atoms with E-state index in [1.807, 2.05) is 0 Å². The van der Waals surface area contributed by atoms with Crippen molar-refractivity contribution < 1.29 is 46.1 Å². The molecule has 0 spiro atoms. The molecule has 1 aromatic heterocycles. The van der Waals surface area contributed by atoms with Crippen LogP contribution < -0.4 is 9.46 Å². The number of carboxylic acids is 2. The molecule has 0 aliphatic heterocycles. The van der Waals surface area contributed by atoms with E-state index in [2.05, 4.69) is 16.6 Å². The molecule has 1 heterocycles. The summed E-state index contributed by atoms with van der Waals surface area (Å²) in [7, 11) is -4.35. The summed E-state index contributed by atoms with van der Waals surface area (Å²) >= 11 is 0. The van der Waals surface area contributed by atoms with E-state index in [9.17, 15) is 41.4 Å². The van der Waals surface area contributed by atoms with Crippen LogP contribution in [0.5, 0.6) is 5.75 Å². The predicted molar refractivity (Wildman–Crippen MR) is 150 cm³/mol. The van der Waals surface area contributed by atoms with Gasteiger partial charge in [0.05, 0.1) is 16.0 Å². The lowest BCUT2D eigenvalue weighted by atomic mass is 10.0. The Morgan fingerprint density at radius 3 is 2.35 bits per heavy atom. The molecule has 224 valence electrons. The molecule has 0 amide bonds. The van der Waals surface area contributed by atoms with Crippen molar-refractivity contribution in [3.8, 4) is 17.6 Å². The van der Waals surface area contributed by atoms with Gasteiger partial charge in [-0.05, 0) is 66.6 Å². The number of nitrogens with one attached hydrogen (secondary N) is 1. The van der Waals surface area contributed by atoms with Crippen molar-refractivity contribution in [3.63, 3.8) is 0 Å². The molecular weight excluding hydrogens is 589 g/mol. The van der Waals surface area contributed by atoms with Crippen LogP contribution >= 0.6 is 0 Å². The highest BCUT2D eigenvalue weighted by molar-refractivity contribution is 7.89. The Labute approximate surface area is 244 Å². The van der Waals surface area contributed by atoms with Crippen molar-refractivity contribution in [2.24, 2.45) is 0 Å². The highest BCUT2D eigenvalue weighted by atomic mass is 32.2. The highest BCUT2D eigenvalue weighted by Crippen LogP contribution is 2.33. The zero-order valence-electron chi connectivity index (χ0n) is 22.6. The highest BCUT2D eigenvalue weighted by Gasteiger charge is 2.33. The molecular formula is C30H25F3N2O7S. The Hall–Kier alpha value is -4.80. The van der Waals surface area contributed by atoms with Gasteiger partial charge in [0.2, 0.25) is 10.0 Å². The van der Waals surface area contributed by atoms with Gasteiger partial charge in [-0.25, -0.2) is 13.2 Å². The molecule has 0 bridgehead atoms. The van der Waals surface area contributed by atoms with Crippen LogP contribution in [0.1, 0.15) is 34.0 Å².